The molecule has 0 saturated carbocycles. The number of hydrogen-bond donors (Lipinski definition) is 1. The topological polar surface area (TPSA) is 54.7 Å². The zero-order valence-corrected chi connectivity index (χ0v) is 17.4. The number of aryl methyl sites for hydroxylation is 2. The largest absolute Gasteiger partial charge is 0.465 e. The standard InChI is InChI=1S/C22H28N2O3S/c1-14-7-17(26-15(14)2)10-24-11-19-18(20-3-5-22(19,13-24)27-20)9-23-21(25)8-16-4-6-28-12-16/h4,6-7,12,18-20H,3,5,8-11,13H2,1-2H3,(H,23,25)/t18-,19+,20+,22+/m0/s1. The van der Waals surface area contributed by atoms with Crippen molar-refractivity contribution in [3.05, 3.63) is 45.5 Å². The summed E-state index contributed by atoms with van der Waals surface area (Å²) < 4.78 is 12.4. The Morgan fingerprint density at radius 3 is 3.07 bits per heavy atom. The van der Waals surface area contributed by atoms with Gasteiger partial charge in [0.05, 0.1) is 24.7 Å². The lowest BCUT2D eigenvalue weighted by molar-refractivity contribution is -0.120. The van der Waals surface area contributed by atoms with E-state index in [-0.39, 0.29) is 11.5 Å². The van der Waals surface area contributed by atoms with Crippen molar-refractivity contribution in [1.29, 1.82) is 0 Å². The summed E-state index contributed by atoms with van der Waals surface area (Å²) in [5.41, 5.74) is 2.31. The SMILES string of the molecule is Cc1cc(CN2C[C@@H]3[C@H](CNC(=O)Cc4ccsc4)[C@H]4CC[C@]3(C2)O4)oc1C. The van der Waals surface area contributed by atoms with Gasteiger partial charge in [-0.15, -0.1) is 0 Å². The van der Waals surface area contributed by atoms with Gasteiger partial charge >= 0.3 is 0 Å². The number of carbonyl (C=O) groups is 1. The summed E-state index contributed by atoms with van der Waals surface area (Å²) in [4.78, 5) is 14.8. The quantitative estimate of drug-likeness (QED) is 0.808. The van der Waals surface area contributed by atoms with Crippen molar-refractivity contribution >= 4 is 17.2 Å². The lowest BCUT2D eigenvalue weighted by Gasteiger charge is -2.29. The Morgan fingerprint density at radius 1 is 1.43 bits per heavy atom. The van der Waals surface area contributed by atoms with Gasteiger partial charge in [0.15, 0.2) is 0 Å². The first-order valence-corrected chi connectivity index (χ1v) is 11.2. The van der Waals surface area contributed by atoms with E-state index in [2.05, 4.69) is 23.2 Å². The Labute approximate surface area is 170 Å². The molecule has 1 N–H and O–H groups in total. The molecule has 6 heteroatoms. The number of nitrogens with zero attached hydrogens (tertiary/aromatic N) is 1. The number of likely N-dealkylation sites (tertiary alicyclic amines) is 1. The molecule has 1 amide bonds. The van der Waals surface area contributed by atoms with Crippen LogP contribution in [0.4, 0.5) is 0 Å². The monoisotopic (exact) mass is 400 g/mol. The van der Waals surface area contributed by atoms with Crippen molar-refractivity contribution in [3.63, 3.8) is 0 Å². The minimum Gasteiger partial charge on any atom is -0.465 e. The number of hydrogen-bond acceptors (Lipinski definition) is 5. The van der Waals surface area contributed by atoms with Crippen LogP contribution in [0.3, 0.4) is 0 Å². The fourth-order valence-corrected chi connectivity index (χ4v) is 6.17. The highest BCUT2D eigenvalue weighted by molar-refractivity contribution is 7.08. The first kappa shape index (κ1) is 18.4. The maximum atomic E-state index is 12.3. The van der Waals surface area contributed by atoms with Crippen LogP contribution in [-0.4, -0.2) is 42.1 Å². The number of furan rings is 1. The molecule has 5 nitrogen and oxygen atoms in total. The molecule has 0 aromatic carbocycles. The minimum absolute atomic E-state index is 0.00982. The molecular formula is C22H28N2O3S. The number of nitrogens with one attached hydrogen (secondary N) is 1. The van der Waals surface area contributed by atoms with Crippen molar-refractivity contribution < 1.29 is 13.9 Å². The van der Waals surface area contributed by atoms with Crippen LogP contribution in [0.25, 0.3) is 0 Å². The van der Waals surface area contributed by atoms with E-state index in [1.807, 2.05) is 23.8 Å². The predicted molar refractivity (Wildman–Crippen MR) is 108 cm³/mol. The molecule has 3 aliphatic heterocycles. The third kappa shape index (κ3) is 3.21. The first-order chi connectivity index (χ1) is 13.5. The second-order valence-corrected chi connectivity index (χ2v) is 9.54. The third-order valence-electron chi connectivity index (χ3n) is 6.93. The van der Waals surface area contributed by atoms with E-state index in [0.29, 0.717) is 24.4 Å². The Kier molecular flexibility index (Phi) is 4.61. The van der Waals surface area contributed by atoms with Gasteiger partial charge in [-0.05, 0) is 60.7 Å². The van der Waals surface area contributed by atoms with Crippen LogP contribution < -0.4 is 5.32 Å². The fourth-order valence-electron chi connectivity index (χ4n) is 5.50. The molecule has 0 radical (unpaired) electrons. The highest BCUT2D eigenvalue weighted by Gasteiger charge is 2.62. The van der Waals surface area contributed by atoms with Crippen LogP contribution in [0.2, 0.25) is 0 Å². The summed E-state index contributed by atoms with van der Waals surface area (Å²) in [5.74, 6) is 3.10. The molecule has 4 atom stereocenters. The van der Waals surface area contributed by atoms with Crippen LogP contribution >= 0.6 is 11.3 Å². The van der Waals surface area contributed by atoms with Crippen molar-refractivity contribution in [1.82, 2.24) is 10.2 Å². The molecule has 2 aromatic heterocycles. The maximum absolute atomic E-state index is 12.3. The number of rotatable bonds is 6. The second-order valence-electron chi connectivity index (χ2n) is 8.76. The van der Waals surface area contributed by atoms with E-state index in [0.717, 1.165) is 56.1 Å². The van der Waals surface area contributed by atoms with E-state index >= 15 is 0 Å². The molecule has 5 heterocycles. The number of amides is 1. The van der Waals surface area contributed by atoms with E-state index in [1.54, 1.807) is 11.3 Å². The molecular weight excluding hydrogens is 372 g/mol. The molecule has 2 bridgehead atoms. The van der Waals surface area contributed by atoms with Crippen molar-refractivity contribution in [2.45, 2.75) is 51.4 Å². The van der Waals surface area contributed by atoms with Crippen LogP contribution in [0.1, 0.15) is 35.5 Å². The van der Waals surface area contributed by atoms with Crippen LogP contribution in [-0.2, 0) is 22.5 Å². The van der Waals surface area contributed by atoms with Gasteiger partial charge in [0, 0.05) is 31.5 Å². The van der Waals surface area contributed by atoms with Gasteiger partial charge in [-0.3, -0.25) is 9.69 Å². The van der Waals surface area contributed by atoms with Crippen molar-refractivity contribution in [2.24, 2.45) is 11.8 Å². The first-order valence-electron chi connectivity index (χ1n) is 10.3. The van der Waals surface area contributed by atoms with Crippen molar-refractivity contribution in [2.75, 3.05) is 19.6 Å². The van der Waals surface area contributed by atoms with Gasteiger partial charge in [0.2, 0.25) is 5.91 Å². The van der Waals surface area contributed by atoms with Gasteiger partial charge in [0.1, 0.15) is 11.5 Å². The average Bonchev–Trinajstić information content (AvgIpc) is 3.43. The molecule has 0 unspecified atom stereocenters. The van der Waals surface area contributed by atoms with Crippen LogP contribution in [0.5, 0.6) is 0 Å². The van der Waals surface area contributed by atoms with Gasteiger partial charge < -0.3 is 14.5 Å². The summed E-state index contributed by atoms with van der Waals surface area (Å²) in [5, 5.41) is 7.24. The average molecular weight is 401 g/mol. The summed E-state index contributed by atoms with van der Waals surface area (Å²) in [6, 6.07) is 4.17. The Bertz CT molecular complexity index is 842. The Morgan fingerprint density at radius 2 is 2.32 bits per heavy atom. The maximum Gasteiger partial charge on any atom is 0.224 e. The highest BCUT2D eigenvalue weighted by Crippen LogP contribution is 2.54. The van der Waals surface area contributed by atoms with Gasteiger partial charge in [0.25, 0.3) is 0 Å². The molecule has 0 aliphatic carbocycles. The molecule has 2 aromatic rings. The minimum atomic E-state index is -0.00982. The summed E-state index contributed by atoms with van der Waals surface area (Å²) in [6.45, 7) is 7.70. The van der Waals surface area contributed by atoms with Crippen LogP contribution in [0, 0.1) is 25.7 Å². The molecule has 3 saturated heterocycles. The molecule has 5 rings (SSSR count). The second kappa shape index (κ2) is 7.01. The van der Waals surface area contributed by atoms with Crippen molar-refractivity contribution in [3.8, 4) is 0 Å². The van der Waals surface area contributed by atoms with Gasteiger partial charge in [-0.1, -0.05) is 0 Å². The number of thiophene rings is 1. The van der Waals surface area contributed by atoms with E-state index < -0.39 is 0 Å². The van der Waals surface area contributed by atoms with Gasteiger partial charge in [-0.2, -0.15) is 11.3 Å². The Hall–Kier alpha value is -1.63. The molecule has 1 spiro atoms. The third-order valence-corrected chi connectivity index (χ3v) is 7.66. The Balaban J connectivity index is 1.21. The number of carbonyl (C=O) groups excluding carboxylic acids is 1. The summed E-state index contributed by atoms with van der Waals surface area (Å²) >= 11 is 1.64. The van der Waals surface area contributed by atoms with E-state index in [9.17, 15) is 4.79 Å². The van der Waals surface area contributed by atoms with E-state index in [4.69, 9.17) is 9.15 Å². The number of ether oxygens (including phenoxy) is 1. The van der Waals surface area contributed by atoms with Crippen LogP contribution in [0.15, 0.2) is 27.3 Å². The zero-order valence-electron chi connectivity index (χ0n) is 16.6. The normalized spacial score (nSPS) is 31.4. The molecule has 150 valence electrons. The zero-order chi connectivity index (χ0) is 19.3. The lowest BCUT2D eigenvalue weighted by atomic mass is 9.73. The van der Waals surface area contributed by atoms with E-state index in [1.165, 1.54) is 5.56 Å². The summed E-state index contributed by atoms with van der Waals surface area (Å²) in [7, 11) is 0. The smallest absolute Gasteiger partial charge is 0.224 e. The molecule has 3 fully saturated rings. The fraction of sp³-hybridized carbons (Fsp3) is 0.591. The predicted octanol–water partition coefficient (Wildman–Crippen LogP) is 3.30. The highest BCUT2D eigenvalue weighted by atomic mass is 32.1. The number of fused-ring (bicyclic) bond motifs is 1. The molecule has 3 aliphatic rings. The summed E-state index contributed by atoms with van der Waals surface area (Å²) in [6.07, 6.45) is 3.05. The molecule has 28 heavy (non-hydrogen) atoms. The lowest BCUT2D eigenvalue weighted by Crippen LogP contribution is -2.42. The van der Waals surface area contributed by atoms with Gasteiger partial charge in [-0.25, -0.2) is 0 Å².